The predicted molar refractivity (Wildman–Crippen MR) is 108 cm³/mol. The molecule has 27 heavy (non-hydrogen) atoms. The lowest BCUT2D eigenvalue weighted by molar-refractivity contribution is -0.133. The molecule has 1 aliphatic rings. The van der Waals surface area contributed by atoms with Crippen molar-refractivity contribution >= 4 is 16.8 Å². The van der Waals surface area contributed by atoms with Crippen LogP contribution in [0.25, 0.3) is 10.9 Å². The van der Waals surface area contributed by atoms with Crippen LogP contribution in [0.5, 0.6) is 0 Å². The normalized spacial score (nSPS) is 16.6. The second kappa shape index (κ2) is 8.65. The number of para-hydroxylation sites is 1. The highest BCUT2D eigenvalue weighted by Crippen LogP contribution is 2.21. The summed E-state index contributed by atoms with van der Waals surface area (Å²) in [6.45, 7) is 9.92. The van der Waals surface area contributed by atoms with Crippen LogP contribution >= 0.6 is 0 Å². The van der Waals surface area contributed by atoms with Gasteiger partial charge in [0.15, 0.2) is 0 Å². The summed E-state index contributed by atoms with van der Waals surface area (Å²) in [5, 5.41) is 0.668. The Balaban J connectivity index is 1.78. The largest absolute Gasteiger partial charge is 0.340 e. The highest BCUT2D eigenvalue weighted by Gasteiger charge is 2.27. The molecule has 0 saturated carbocycles. The first-order valence-electron chi connectivity index (χ1n) is 10.1. The Morgan fingerprint density at radius 2 is 1.85 bits per heavy atom. The number of nitrogens with zero attached hydrogens (tertiary/aromatic N) is 4. The third-order valence-electron chi connectivity index (χ3n) is 5.54. The summed E-state index contributed by atoms with van der Waals surface area (Å²) >= 11 is 0. The first-order valence-corrected chi connectivity index (χ1v) is 10.1. The minimum absolute atomic E-state index is 0.0262. The molecule has 1 aromatic carbocycles. The molecule has 2 heterocycles. The minimum atomic E-state index is 0.0262. The lowest BCUT2D eigenvalue weighted by Gasteiger charge is -2.38. The molecule has 6 nitrogen and oxygen atoms in total. The second-order valence-electron chi connectivity index (χ2n) is 7.23. The third kappa shape index (κ3) is 4.05. The molecule has 1 aromatic heterocycles. The molecule has 3 rings (SSSR count). The number of hydrogen-bond donors (Lipinski definition) is 0. The lowest BCUT2D eigenvalue weighted by atomic mass is 10.1. The maximum atomic E-state index is 12.9. The number of hydrogen-bond acceptors (Lipinski definition) is 4. The quantitative estimate of drug-likeness (QED) is 0.785. The second-order valence-corrected chi connectivity index (χ2v) is 7.23. The van der Waals surface area contributed by atoms with Crippen molar-refractivity contribution in [3.8, 4) is 0 Å². The maximum absolute atomic E-state index is 12.9. The van der Waals surface area contributed by atoms with E-state index >= 15 is 0 Å². The van der Waals surface area contributed by atoms with E-state index in [1.165, 1.54) is 0 Å². The SMILES string of the molecule is CCCCC(=O)N1CCN(C(C)c2nc3ccccc3c(=O)n2CC)CC1. The standard InChI is InChI=1S/C21H30N4O2/c1-4-6-11-19(26)24-14-12-23(13-15-24)16(3)20-22-18-10-8-7-9-17(18)21(27)25(20)5-2/h7-10,16H,4-6,11-15H2,1-3H3. The van der Waals surface area contributed by atoms with Gasteiger partial charge in [0.2, 0.25) is 5.91 Å². The number of aromatic nitrogens is 2. The van der Waals surface area contributed by atoms with Crippen LogP contribution in [-0.4, -0.2) is 51.4 Å². The van der Waals surface area contributed by atoms with E-state index in [0.29, 0.717) is 18.4 Å². The Morgan fingerprint density at radius 3 is 2.52 bits per heavy atom. The van der Waals surface area contributed by atoms with Crippen molar-refractivity contribution in [2.75, 3.05) is 26.2 Å². The van der Waals surface area contributed by atoms with Crippen LogP contribution in [0.15, 0.2) is 29.1 Å². The molecule has 6 heteroatoms. The number of carbonyl (C=O) groups is 1. The molecule has 1 aliphatic heterocycles. The lowest BCUT2D eigenvalue weighted by Crippen LogP contribution is -2.50. The fraction of sp³-hybridized carbons (Fsp3) is 0.571. The Bertz CT molecular complexity index is 853. The maximum Gasteiger partial charge on any atom is 0.261 e. The number of amides is 1. The summed E-state index contributed by atoms with van der Waals surface area (Å²) in [7, 11) is 0. The summed E-state index contributed by atoms with van der Waals surface area (Å²) in [4.78, 5) is 34.2. The summed E-state index contributed by atoms with van der Waals surface area (Å²) in [6.07, 6.45) is 2.65. The number of carbonyl (C=O) groups excluding carboxylic acids is 1. The van der Waals surface area contributed by atoms with Gasteiger partial charge in [0.1, 0.15) is 5.82 Å². The molecule has 0 bridgehead atoms. The summed E-state index contributed by atoms with van der Waals surface area (Å²) in [5.74, 6) is 1.07. The van der Waals surface area contributed by atoms with Crippen molar-refractivity contribution in [3.63, 3.8) is 0 Å². The summed E-state index contributed by atoms with van der Waals surface area (Å²) in [6, 6.07) is 7.57. The molecule has 1 unspecified atom stereocenters. The van der Waals surface area contributed by atoms with Crippen molar-refractivity contribution in [2.45, 2.75) is 52.6 Å². The first-order chi connectivity index (χ1) is 13.1. The van der Waals surface area contributed by atoms with Crippen LogP contribution < -0.4 is 5.56 Å². The highest BCUT2D eigenvalue weighted by atomic mass is 16.2. The van der Waals surface area contributed by atoms with Gasteiger partial charge in [0, 0.05) is 39.1 Å². The molecule has 0 aliphatic carbocycles. The third-order valence-corrected chi connectivity index (χ3v) is 5.54. The molecular formula is C21H30N4O2. The first kappa shape index (κ1) is 19.5. The van der Waals surface area contributed by atoms with Crippen molar-refractivity contribution in [1.82, 2.24) is 19.4 Å². The van der Waals surface area contributed by atoms with Crippen molar-refractivity contribution in [1.29, 1.82) is 0 Å². The van der Waals surface area contributed by atoms with Crippen molar-refractivity contribution in [3.05, 3.63) is 40.4 Å². The molecule has 1 amide bonds. The van der Waals surface area contributed by atoms with Gasteiger partial charge in [-0.05, 0) is 32.4 Å². The van der Waals surface area contributed by atoms with Gasteiger partial charge < -0.3 is 4.90 Å². The highest BCUT2D eigenvalue weighted by molar-refractivity contribution is 5.77. The number of unbranched alkanes of at least 4 members (excludes halogenated alkanes) is 1. The topological polar surface area (TPSA) is 58.4 Å². The van der Waals surface area contributed by atoms with Gasteiger partial charge in [-0.2, -0.15) is 0 Å². The van der Waals surface area contributed by atoms with E-state index in [-0.39, 0.29) is 17.5 Å². The summed E-state index contributed by atoms with van der Waals surface area (Å²) < 4.78 is 1.78. The fourth-order valence-corrected chi connectivity index (χ4v) is 3.82. The van der Waals surface area contributed by atoms with Crippen LogP contribution in [0, 0.1) is 0 Å². The van der Waals surface area contributed by atoms with Gasteiger partial charge >= 0.3 is 0 Å². The van der Waals surface area contributed by atoms with Crippen LogP contribution in [-0.2, 0) is 11.3 Å². The van der Waals surface area contributed by atoms with E-state index in [1.807, 2.05) is 36.1 Å². The molecule has 1 saturated heterocycles. The van der Waals surface area contributed by atoms with Gasteiger partial charge in [-0.25, -0.2) is 4.98 Å². The molecule has 146 valence electrons. The zero-order valence-electron chi connectivity index (χ0n) is 16.6. The van der Waals surface area contributed by atoms with Gasteiger partial charge in [0.25, 0.3) is 5.56 Å². The van der Waals surface area contributed by atoms with E-state index in [0.717, 1.165) is 50.4 Å². The Labute approximate surface area is 160 Å². The van der Waals surface area contributed by atoms with Crippen LogP contribution in [0.1, 0.15) is 51.9 Å². The van der Waals surface area contributed by atoms with Crippen molar-refractivity contribution in [2.24, 2.45) is 0 Å². The minimum Gasteiger partial charge on any atom is -0.340 e. The van der Waals surface area contributed by atoms with Gasteiger partial charge in [-0.3, -0.25) is 19.1 Å². The van der Waals surface area contributed by atoms with E-state index in [4.69, 9.17) is 4.98 Å². The number of piperazine rings is 1. The van der Waals surface area contributed by atoms with Gasteiger partial charge in [-0.1, -0.05) is 25.5 Å². The van der Waals surface area contributed by atoms with Crippen molar-refractivity contribution < 1.29 is 4.79 Å². The van der Waals surface area contributed by atoms with E-state index in [1.54, 1.807) is 4.57 Å². The predicted octanol–water partition coefficient (Wildman–Crippen LogP) is 2.81. The van der Waals surface area contributed by atoms with Gasteiger partial charge in [-0.15, -0.1) is 0 Å². The van der Waals surface area contributed by atoms with E-state index in [9.17, 15) is 9.59 Å². The van der Waals surface area contributed by atoms with E-state index in [2.05, 4.69) is 18.7 Å². The van der Waals surface area contributed by atoms with Crippen LogP contribution in [0.4, 0.5) is 0 Å². The van der Waals surface area contributed by atoms with Crippen LogP contribution in [0.3, 0.4) is 0 Å². The number of fused-ring (bicyclic) bond motifs is 1. The average molecular weight is 370 g/mol. The number of benzene rings is 1. The Morgan fingerprint density at radius 1 is 1.15 bits per heavy atom. The smallest absolute Gasteiger partial charge is 0.261 e. The van der Waals surface area contributed by atoms with Crippen LogP contribution in [0.2, 0.25) is 0 Å². The monoisotopic (exact) mass is 370 g/mol. The molecule has 1 fully saturated rings. The molecule has 2 aromatic rings. The zero-order chi connectivity index (χ0) is 19.4. The summed E-state index contributed by atoms with van der Waals surface area (Å²) in [5.41, 5.74) is 0.778. The Kier molecular flexibility index (Phi) is 6.26. The Hall–Kier alpha value is -2.21. The molecule has 0 N–H and O–H groups in total. The van der Waals surface area contributed by atoms with E-state index < -0.39 is 0 Å². The molecule has 1 atom stereocenters. The molecular weight excluding hydrogens is 340 g/mol. The molecule has 0 spiro atoms. The fourth-order valence-electron chi connectivity index (χ4n) is 3.82. The van der Waals surface area contributed by atoms with Gasteiger partial charge in [0.05, 0.1) is 16.9 Å². The number of rotatable bonds is 6. The zero-order valence-corrected chi connectivity index (χ0v) is 16.6. The molecule has 0 radical (unpaired) electrons. The average Bonchev–Trinajstić information content (AvgIpc) is 2.71.